The van der Waals surface area contributed by atoms with Gasteiger partial charge >= 0.3 is 0 Å². The monoisotopic (exact) mass is 319 g/mol. The normalized spacial score (nSPS) is 13.7. The van der Waals surface area contributed by atoms with E-state index in [-0.39, 0.29) is 0 Å². The third-order valence-corrected chi connectivity index (χ3v) is 4.69. The molecule has 0 unspecified atom stereocenters. The Morgan fingerprint density at radius 3 is 2.74 bits per heavy atom. The van der Waals surface area contributed by atoms with Crippen molar-refractivity contribution in [2.75, 3.05) is 11.4 Å². The Labute approximate surface area is 139 Å². The minimum absolute atomic E-state index is 0.596. The molecule has 0 N–H and O–H groups in total. The summed E-state index contributed by atoms with van der Waals surface area (Å²) in [6, 6.07) is 16.5. The molecule has 3 aromatic rings. The van der Waals surface area contributed by atoms with E-state index >= 15 is 0 Å². The van der Waals surface area contributed by atoms with Gasteiger partial charge in [-0.25, -0.2) is 0 Å². The molecule has 23 heavy (non-hydrogen) atoms. The van der Waals surface area contributed by atoms with E-state index in [0.717, 1.165) is 36.1 Å². The van der Waals surface area contributed by atoms with Gasteiger partial charge in [0.2, 0.25) is 0 Å². The van der Waals surface area contributed by atoms with Crippen molar-refractivity contribution in [2.45, 2.75) is 13.0 Å². The zero-order chi connectivity index (χ0) is 15.8. The maximum atomic E-state index is 9.52. The molecule has 1 aliphatic heterocycles. The molecule has 1 aliphatic rings. The Morgan fingerprint density at radius 1 is 1.09 bits per heavy atom. The van der Waals surface area contributed by atoms with Gasteiger partial charge in [0.05, 0.1) is 21.8 Å². The molecule has 2 heterocycles. The van der Waals surface area contributed by atoms with Crippen LogP contribution in [-0.2, 0) is 13.0 Å². The van der Waals surface area contributed by atoms with Crippen LogP contribution in [0.2, 0.25) is 5.02 Å². The number of hydrogen-bond donors (Lipinski definition) is 0. The van der Waals surface area contributed by atoms with Crippen LogP contribution >= 0.6 is 11.6 Å². The second kappa shape index (κ2) is 5.57. The molecule has 4 rings (SSSR count). The molecule has 0 saturated heterocycles. The Hall–Kier alpha value is -2.57. The van der Waals surface area contributed by atoms with Crippen LogP contribution in [0.3, 0.4) is 0 Å². The maximum Gasteiger partial charge on any atom is 0.103 e. The van der Waals surface area contributed by atoms with Crippen molar-refractivity contribution >= 4 is 28.2 Å². The highest BCUT2D eigenvalue weighted by atomic mass is 35.5. The van der Waals surface area contributed by atoms with Crippen LogP contribution in [0, 0.1) is 11.3 Å². The first-order chi connectivity index (χ1) is 11.3. The number of benzene rings is 2. The Bertz CT molecular complexity index is 943. The SMILES string of the molecule is N#Cc1cnc2c(Cl)cccc2c1N1CCc2ccccc2C1. The fourth-order valence-electron chi connectivity index (χ4n) is 3.28. The summed E-state index contributed by atoms with van der Waals surface area (Å²) >= 11 is 6.28. The van der Waals surface area contributed by atoms with Crippen molar-refractivity contribution in [3.8, 4) is 6.07 Å². The van der Waals surface area contributed by atoms with Crippen LogP contribution in [0.15, 0.2) is 48.7 Å². The smallest absolute Gasteiger partial charge is 0.103 e. The van der Waals surface area contributed by atoms with Crippen LogP contribution < -0.4 is 4.90 Å². The minimum atomic E-state index is 0.596. The third-order valence-electron chi connectivity index (χ3n) is 4.39. The molecule has 0 fully saturated rings. The molecular formula is C19H14ClN3. The van der Waals surface area contributed by atoms with Crippen molar-refractivity contribution < 1.29 is 0 Å². The summed E-state index contributed by atoms with van der Waals surface area (Å²) in [5, 5.41) is 11.1. The maximum absolute atomic E-state index is 9.52. The van der Waals surface area contributed by atoms with E-state index in [1.54, 1.807) is 6.20 Å². The highest BCUT2D eigenvalue weighted by molar-refractivity contribution is 6.35. The van der Waals surface area contributed by atoms with Crippen molar-refractivity contribution in [3.63, 3.8) is 0 Å². The van der Waals surface area contributed by atoms with Crippen LogP contribution in [-0.4, -0.2) is 11.5 Å². The number of para-hydroxylation sites is 1. The summed E-state index contributed by atoms with van der Waals surface area (Å²) in [7, 11) is 0. The highest BCUT2D eigenvalue weighted by Crippen LogP contribution is 2.35. The van der Waals surface area contributed by atoms with Crippen molar-refractivity contribution in [1.82, 2.24) is 4.98 Å². The Balaban J connectivity index is 1.89. The third kappa shape index (κ3) is 2.32. The molecular weight excluding hydrogens is 306 g/mol. The van der Waals surface area contributed by atoms with Gasteiger partial charge in [0.1, 0.15) is 6.07 Å². The fraction of sp³-hybridized carbons (Fsp3) is 0.158. The zero-order valence-electron chi connectivity index (χ0n) is 12.5. The molecule has 2 aromatic carbocycles. The molecule has 1 aromatic heterocycles. The number of aromatic nitrogens is 1. The molecule has 112 valence electrons. The van der Waals surface area contributed by atoms with Gasteiger partial charge in [-0.3, -0.25) is 4.98 Å². The van der Waals surface area contributed by atoms with Gasteiger partial charge in [-0.05, 0) is 23.6 Å². The number of pyridine rings is 1. The summed E-state index contributed by atoms with van der Waals surface area (Å²) in [6.07, 6.45) is 2.61. The van der Waals surface area contributed by atoms with Crippen LogP contribution in [0.1, 0.15) is 16.7 Å². The average molecular weight is 320 g/mol. The highest BCUT2D eigenvalue weighted by Gasteiger charge is 2.21. The number of fused-ring (bicyclic) bond motifs is 2. The number of rotatable bonds is 1. The molecule has 0 saturated carbocycles. The van der Waals surface area contributed by atoms with Gasteiger partial charge in [-0.2, -0.15) is 5.26 Å². The van der Waals surface area contributed by atoms with Gasteiger partial charge in [-0.15, -0.1) is 0 Å². The van der Waals surface area contributed by atoms with E-state index in [1.807, 2.05) is 18.2 Å². The number of nitriles is 1. The molecule has 0 radical (unpaired) electrons. The largest absolute Gasteiger partial charge is 0.365 e. The molecule has 4 heteroatoms. The van der Waals surface area contributed by atoms with Gasteiger partial charge in [0, 0.05) is 24.7 Å². The van der Waals surface area contributed by atoms with Gasteiger partial charge in [0.15, 0.2) is 0 Å². The van der Waals surface area contributed by atoms with Crippen LogP contribution in [0.25, 0.3) is 10.9 Å². The summed E-state index contributed by atoms with van der Waals surface area (Å²) in [6.45, 7) is 1.69. The lowest BCUT2D eigenvalue weighted by molar-refractivity contribution is 0.733. The summed E-state index contributed by atoms with van der Waals surface area (Å²) in [5.74, 6) is 0. The standard InChI is InChI=1S/C19H14ClN3/c20-17-7-3-6-16-18(17)22-11-15(10-21)19(16)23-9-8-13-4-1-2-5-14(13)12-23/h1-7,11H,8-9,12H2. The van der Waals surface area contributed by atoms with E-state index < -0.39 is 0 Å². The zero-order valence-corrected chi connectivity index (χ0v) is 13.2. The van der Waals surface area contributed by atoms with E-state index in [0.29, 0.717) is 10.6 Å². The molecule has 3 nitrogen and oxygen atoms in total. The quantitative estimate of drug-likeness (QED) is 0.670. The van der Waals surface area contributed by atoms with Crippen molar-refractivity contribution in [2.24, 2.45) is 0 Å². The average Bonchev–Trinajstić information content (AvgIpc) is 2.60. The predicted molar refractivity (Wildman–Crippen MR) is 92.7 cm³/mol. The molecule has 0 aliphatic carbocycles. The number of halogens is 1. The lowest BCUT2D eigenvalue weighted by Gasteiger charge is -2.32. The number of anilines is 1. The molecule has 0 bridgehead atoms. The fourth-order valence-corrected chi connectivity index (χ4v) is 3.51. The van der Waals surface area contributed by atoms with Gasteiger partial charge < -0.3 is 4.90 Å². The second-order valence-corrected chi connectivity index (χ2v) is 6.12. The van der Waals surface area contributed by atoms with E-state index in [2.05, 4.69) is 40.2 Å². The van der Waals surface area contributed by atoms with E-state index in [4.69, 9.17) is 11.6 Å². The minimum Gasteiger partial charge on any atom is -0.365 e. The lowest BCUT2D eigenvalue weighted by atomic mass is 9.98. The van der Waals surface area contributed by atoms with Crippen molar-refractivity contribution in [3.05, 3.63) is 70.4 Å². The van der Waals surface area contributed by atoms with Gasteiger partial charge in [0.25, 0.3) is 0 Å². The first kappa shape index (κ1) is 14.0. The molecule has 0 spiro atoms. The first-order valence-corrected chi connectivity index (χ1v) is 7.95. The summed E-state index contributed by atoms with van der Waals surface area (Å²) < 4.78 is 0. The number of hydrogen-bond acceptors (Lipinski definition) is 3. The van der Waals surface area contributed by atoms with E-state index in [9.17, 15) is 5.26 Å². The second-order valence-electron chi connectivity index (χ2n) is 5.71. The first-order valence-electron chi connectivity index (χ1n) is 7.57. The van der Waals surface area contributed by atoms with E-state index in [1.165, 1.54) is 11.1 Å². The predicted octanol–water partition coefficient (Wildman–Crippen LogP) is 4.32. The lowest BCUT2D eigenvalue weighted by Crippen LogP contribution is -2.31. The topological polar surface area (TPSA) is 39.9 Å². The van der Waals surface area contributed by atoms with Crippen LogP contribution in [0.5, 0.6) is 0 Å². The van der Waals surface area contributed by atoms with Crippen molar-refractivity contribution in [1.29, 1.82) is 5.26 Å². The molecule has 0 atom stereocenters. The van der Waals surface area contributed by atoms with Crippen LogP contribution in [0.4, 0.5) is 5.69 Å². The Kier molecular flexibility index (Phi) is 3.40. The van der Waals surface area contributed by atoms with Gasteiger partial charge in [-0.1, -0.05) is 48.0 Å². The summed E-state index contributed by atoms with van der Waals surface area (Å²) in [5.41, 5.74) is 4.99. The number of nitrogens with zero attached hydrogens (tertiary/aromatic N) is 3. The summed E-state index contributed by atoms with van der Waals surface area (Å²) in [4.78, 5) is 6.64. The molecule has 0 amide bonds. The Morgan fingerprint density at radius 2 is 1.91 bits per heavy atom.